The molecule has 2 atom stereocenters. The van der Waals surface area contributed by atoms with E-state index in [0.29, 0.717) is 37.0 Å². The maximum atomic E-state index is 14.4. The van der Waals surface area contributed by atoms with Crippen LogP contribution in [0.25, 0.3) is 0 Å². The fourth-order valence-corrected chi connectivity index (χ4v) is 6.20. The number of pyridine rings is 1. The Kier molecular flexibility index (Phi) is 9.73. The summed E-state index contributed by atoms with van der Waals surface area (Å²) < 4.78 is 27.8. The molecule has 2 saturated heterocycles. The van der Waals surface area contributed by atoms with Gasteiger partial charge < -0.3 is 10.2 Å². The maximum absolute atomic E-state index is 14.4. The minimum Gasteiger partial charge on any atom is -0.367 e. The van der Waals surface area contributed by atoms with Crippen molar-refractivity contribution < 1.29 is 13.6 Å². The number of nitrogens with zero attached hydrogens (tertiary/aromatic N) is 4. The van der Waals surface area contributed by atoms with E-state index in [1.165, 1.54) is 23.8 Å². The number of rotatable bonds is 10. The number of para-hydroxylation sites is 1. The number of carbonyl (C=O) groups excluding carboxylic acids is 1. The van der Waals surface area contributed by atoms with Crippen molar-refractivity contribution in [3.63, 3.8) is 0 Å². The van der Waals surface area contributed by atoms with Crippen LogP contribution in [0.2, 0.25) is 0 Å². The quantitative estimate of drug-likeness (QED) is 0.405. The van der Waals surface area contributed by atoms with Crippen LogP contribution in [-0.4, -0.2) is 72.5 Å². The zero-order chi connectivity index (χ0) is 27.7. The molecular weight excluding hydrogens is 508 g/mol. The molecule has 0 aliphatic carbocycles. The van der Waals surface area contributed by atoms with E-state index in [0.717, 1.165) is 64.2 Å². The zero-order valence-electron chi connectivity index (χ0n) is 23.0. The molecule has 0 saturated carbocycles. The Labute approximate surface area is 236 Å². The second-order valence-corrected chi connectivity index (χ2v) is 10.9. The summed E-state index contributed by atoms with van der Waals surface area (Å²) in [6.45, 7) is 6.71. The fraction of sp³-hybridized carbons (Fsp3) is 0.438. The lowest BCUT2D eigenvalue weighted by Gasteiger charge is -2.47. The third-order valence-corrected chi connectivity index (χ3v) is 8.28. The van der Waals surface area contributed by atoms with Gasteiger partial charge in [-0.15, -0.1) is 0 Å². The largest absolute Gasteiger partial charge is 0.367 e. The van der Waals surface area contributed by atoms with Gasteiger partial charge in [0.1, 0.15) is 11.6 Å². The van der Waals surface area contributed by atoms with Gasteiger partial charge in [0, 0.05) is 70.7 Å². The van der Waals surface area contributed by atoms with Crippen LogP contribution in [-0.2, 0) is 17.8 Å². The first-order valence-electron chi connectivity index (χ1n) is 14.4. The SMILES string of the molecule is O=C(CC[C@H]1CN(Cc2ccncc2)CC[C@H]1N1CCN(c2ccccc2F)CC1)NCCc1cccc(F)c1. The summed E-state index contributed by atoms with van der Waals surface area (Å²) in [5.74, 6) is -0.00442. The molecule has 2 aliphatic heterocycles. The van der Waals surface area contributed by atoms with Gasteiger partial charge in [-0.3, -0.25) is 19.6 Å². The number of aromatic nitrogens is 1. The lowest BCUT2D eigenvalue weighted by Crippen LogP contribution is -2.56. The van der Waals surface area contributed by atoms with Gasteiger partial charge in [0.05, 0.1) is 5.69 Å². The molecule has 0 radical (unpaired) electrons. The second kappa shape index (κ2) is 13.8. The summed E-state index contributed by atoms with van der Waals surface area (Å²) in [5.41, 5.74) is 2.82. The third kappa shape index (κ3) is 7.64. The molecule has 1 amide bonds. The lowest BCUT2D eigenvalue weighted by molar-refractivity contribution is -0.121. The van der Waals surface area contributed by atoms with E-state index in [4.69, 9.17) is 0 Å². The normalized spacial score (nSPS) is 20.4. The van der Waals surface area contributed by atoms with Crippen LogP contribution < -0.4 is 10.2 Å². The number of amides is 1. The Hall–Kier alpha value is -3.36. The van der Waals surface area contributed by atoms with Crippen molar-refractivity contribution in [2.45, 2.75) is 38.3 Å². The van der Waals surface area contributed by atoms with Crippen LogP contribution in [0.1, 0.15) is 30.4 Å². The molecule has 2 aromatic carbocycles. The molecule has 1 N–H and O–H groups in total. The molecule has 8 heteroatoms. The average molecular weight is 548 g/mol. The second-order valence-electron chi connectivity index (χ2n) is 10.9. The predicted octanol–water partition coefficient (Wildman–Crippen LogP) is 4.51. The van der Waals surface area contributed by atoms with E-state index in [1.807, 2.05) is 30.6 Å². The van der Waals surface area contributed by atoms with E-state index in [1.54, 1.807) is 12.1 Å². The van der Waals surface area contributed by atoms with Gasteiger partial charge in [-0.2, -0.15) is 0 Å². The Balaban J connectivity index is 1.17. The molecule has 0 spiro atoms. The monoisotopic (exact) mass is 547 g/mol. The summed E-state index contributed by atoms with van der Waals surface area (Å²) in [6, 6.07) is 18.1. The highest BCUT2D eigenvalue weighted by atomic mass is 19.1. The number of piperidine rings is 1. The van der Waals surface area contributed by atoms with E-state index < -0.39 is 0 Å². The van der Waals surface area contributed by atoms with Crippen LogP contribution in [0.3, 0.4) is 0 Å². The molecule has 2 aliphatic rings. The summed E-state index contributed by atoms with van der Waals surface area (Å²) in [4.78, 5) is 24.1. The van der Waals surface area contributed by atoms with Gasteiger partial charge in [0.25, 0.3) is 0 Å². The van der Waals surface area contributed by atoms with Crippen LogP contribution in [0.15, 0.2) is 73.1 Å². The number of piperazine rings is 1. The van der Waals surface area contributed by atoms with Crippen molar-refractivity contribution in [1.82, 2.24) is 20.1 Å². The fourth-order valence-electron chi connectivity index (χ4n) is 6.20. The maximum Gasteiger partial charge on any atom is 0.220 e. The van der Waals surface area contributed by atoms with Gasteiger partial charge >= 0.3 is 0 Å². The van der Waals surface area contributed by atoms with Crippen molar-refractivity contribution in [3.8, 4) is 0 Å². The molecule has 2 fully saturated rings. The smallest absolute Gasteiger partial charge is 0.220 e. The first-order chi connectivity index (χ1) is 19.5. The lowest BCUT2D eigenvalue weighted by atomic mass is 9.86. The minimum absolute atomic E-state index is 0.0470. The zero-order valence-corrected chi connectivity index (χ0v) is 23.0. The highest BCUT2D eigenvalue weighted by Crippen LogP contribution is 2.29. The minimum atomic E-state index is -0.252. The number of hydrogen-bond donors (Lipinski definition) is 1. The Morgan fingerprint density at radius 1 is 0.925 bits per heavy atom. The summed E-state index contributed by atoms with van der Waals surface area (Å²) in [5, 5.41) is 3.03. The topological polar surface area (TPSA) is 51.7 Å². The molecule has 3 aromatic rings. The molecule has 212 valence electrons. The molecule has 5 rings (SSSR count). The summed E-state index contributed by atoms with van der Waals surface area (Å²) in [6.07, 6.45) is 6.63. The van der Waals surface area contributed by atoms with E-state index in [9.17, 15) is 13.6 Å². The van der Waals surface area contributed by atoms with Crippen molar-refractivity contribution in [3.05, 3.63) is 95.8 Å². The van der Waals surface area contributed by atoms with Crippen LogP contribution >= 0.6 is 0 Å². The van der Waals surface area contributed by atoms with Crippen molar-refractivity contribution in [1.29, 1.82) is 0 Å². The Morgan fingerprint density at radius 2 is 1.73 bits per heavy atom. The number of benzene rings is 2. The van der Waals surface area contributed by atoms with Crippen molar-refractivity contribution in [2.24, 2.45) is 5.92 Å². The summed E-state index contributed by atoms with van der Waals surface area (Å²) >= 11 is 0. The molecule has 40 heavy (non-hydrogen) atoms. The van der Waals surface area contributed by atoms with Crippen molar-refractivity contribution >= 4 is 11.6 Å². The van der Waals surface area contributed by atoms with Crippen LogP contribution in [0.5, 0.6) is 0 Å². The Morgan fingerprint density at radius 3 is 2.50 bits per heavy atom. The average Bonchev–Trinajstić information content (AvgIpc) is 2.97. The predicted molar refractivity (Wildman–Crippen MR) is 154 cm³/mol. The first kappa shape index (κ1) is 28.2. The van der Waals surface area contributed by atoms with Gasteiger partial charge in [-0.25, -0.2) is 8.78 Å². The molecule has 0 unspecified atom stereocenters. The van der Waals surface area contributed by atoms with Gasteiger partial charge in [0.2, 0.25) is 5.91 Å². The number of halogens is 2. The summed E-state index contributed by atoms with van der Waals surface area (Å²) in [7, 11) is 0. The number of hydrogen-bond acceptors (Lipinski definition) is 5. The van der Waals surface area contributed by atoms with Gasteiger partial charge in [-0.05, 0) is 79.3 Å². The van der Waals surface area contributed by atoms with E-state index >= 15 is 0 Å². The van der Waals surface area contributed by atoms with Crippen molar-refractivity contribution in [2.75, 3.05) is 50.7 Å². The van der Waals surface area contributed by atoms with Crippen LogP contribution in [0, 0.1) is 17.6 Å². The third-order valence-electron chi connectivity index (χ3n) is 8.28. The molecule has 1 aromatic heterocycles. The first-order valence-corrected chi connectivity index (χ1v) is 14.4. The highest BCUT2D eigenvalue weighted by Gasteiger charge is 2.35. The number of nitrogens with one attached hydrogen (secondary N) is 1. The molecule has 3 heterocycles. The standard InChI is InChI=1S/C32H39F2N5O/c33-28-5-3-4-25(22-28)12-16-36-32(40)9-8-27-24-37(23-26-10-14-35-15-11-26)17-13-30(27)38-18-20-39(21-19-38)31-7-2-1-6-29(31)34/h1-7,10-11,14-15,22,27,30H,8-9,12-13,16-21,23-24H2,(H,36,40)/t27-,30+/m0/s1. The van der Waals surface area contributed by atoms with Gasteiger partial charge in [0.15, 0.2) is 0 Å². The molecule has 0 bridgehead atoms. The van der Waals surface area contributed by atoms with E-state index in [2.05, 4.69) is 37.1 Å². The highest BCUT2D eigenvalue weighted by molar-refractivity contribution is 5.75. The number of anilines is 1. The number of carbonyl (C=O) groups is 1. The van der Waals surface area contributed by atoms with Crippen LogP contribution in [0.4, 0.5) is 14.5 Å². The van der Waals surface area contributed by atoms with E-state index in [-0.39, 0.29) is 17.5 Å². The molecular formula is C32H39F2N5O. The molecule has 6 nitrogen and oxygen atoms in total. The number of likely N-dealkylation sites (tertiary alicyclic amines) is 1. The Bertz CT molecular complexity index is 1230. The van der Waals surface area contributed by atoms with Gasteiger partial charge in [-0.1, -0.05) is 24.3 Å².